The Morgan fingerprint density at radius 1 is 1.00 bits per heavy atom. The third-order valence-electron chi connectivity index (χ3n) is 4.66. The third-order valence-corrected chi connectivity index (χ3v) is 4.90. The number of halogens is 1. The minimum Gasteiger partial charge on any atom is -0.493 e. The highest BCUT2D eigenvalue weighted by Gasteiger charge is 2.14. The summed E-state index contributed by atoms with van der Waals surface area (Å²) >= 11 is 5.95. The summed E-state index contributed by atoms with van der Waals surface area (Å²) in [6.45, 7) is 2.25. The molecule has 32 heavy (non-hydrogen) atoms. The van der Waals surface area contributed by atoms with Crippen LogP contribution in [0.1, 0.15) is 12.0 Å². The molecule has 4 rings (SSSR count). The molecule has 2 heterocycles. The van der Waals surface area contributed by atoms with Crippen LogP contribution in [0.25, 0.3) is 22.5 Å². The lowest BCUT2D eigenvalue weighted by Gasteiger charge is -2.12. The lowest BCUT2D eigenvalue weighted by atomic mass is 10.0. The summed E-state index contributed by atoms with van der Waals surface area (Å²) in [5.74, 6) is 0.765. The summed E-state index contributed by atoms with van der Waals surface area (Å²) < 4.78 is 5.59. The first-order chi connectivity index (χ1) is 15.6. The lowest BCUT2D eigenvalue weighted by molar-refractivity contribution is -0.116. The number of carbonyl (C=O) groups is 1. The molecule has 2 aromatic carbocycles. The molecule has 0 saturated carbocycles. The SMILES string of the molecule is Cc1cccc(-c2ncc(NC(=O)CCOc3cccc(Cl)c3)nc2-c2cccnc2)c1. The first kappa shape index (κ1) is 21.5. The maximum absolute atomic E-state index is 12.4. The van der Waals surface area contributed by atoms with E-state index in [1.807, 2.05) is 37.3 Å². The molecule has 0 spiro atoms. The Bertz CT molecular complexity index is 1230. The van der Waals surface area contributed by atoms with Crippen LogP contribution in [0, 0.1) is 6.92 Å². The van der Waals surface area contributed by atoms with E-state index in [2.05, 4.69) is 26.3 Å². The monoisotopic (exact) mass is 444 g/mol. The van der Waals surface area contributed by atoms with E-state index in [4.69, 9.17) is 16.3 Å². The molecule has 7 heteroatoms. The average Bonchev–Trinajstić information content (AvgIpc) is 2.80. The van der Waals surface area contributed by atoms with Gasteiger partial charge in [0.25, 0.3) is 0 Å². The number of nitrogens with zero attached hydrogens (tertiary/aromatic N) is 3. The highest BCUT2D eigenvalue weighted by Crippen LogP contribution is 2.29. The second-order valence-corrected chi connectivity index (χ2v) is 7.60. The number of hydrogen-bond acceptors (Lipinski definition) is 5. The van der Waals surface area contributed by atoms with Crippen LogP contribution in [0.3, 0.4) is 0 Å². The Morgan fingerprint density at radius 3 is 2.62 bits per heavy atom. The van der Waals surface area contributed by atoms with Crippen molar-refractivity contribution < 1.29 is 9.53 Å². The van der Waals surface area contributed by atoms with Gasteiger partial charge in [0.05, 0.1) is 24.9 Å². The van der Waals surface area contributed by atoms with Crippen LogP contribution in [0.5, 0.6) is 5.75 Å². The number of ether oxygens (including phenoxy) is 1. The molecule has 0 fully saturated rings. The van der Waals surface area contributed by atoms with Crippen molar-refractivity contribution in [2.45, 2.75) is 13.3 Å². The van der Waals surface area contributed by atoms with Crippen molar-refractivity contribution in [3.05, 3.63) is 89.8 Å². The maximum Gasteiger partial charge on any atom is 0.228 e. The van der Waals surface area contributed by atoms with Gasteiger partial charge in [-0.2, -0.15) is 0 Å². The van der Waals surface area contributed by atoms with Gasteiger partial charge in [0, 0.05) is 28.5 Å². The summed E-state index contributed by atoms with van der Waals surface area (Å²) in [7, 11) is 0. The zero-order valence-electron chi connectivity index (χ0n) is 17.5. The van der Waals surface area contributed by atoms with E-state index in [9.17, 15) is 4.79 Å². The highest BCUT2D eigenvalue weighted by molar-refractivity contribution is 6.30. The molecule has 0 bridgehead atoms. The van der Waals surface area contributed by atoms with Crippen molar-refractivity contribution >= 4 is 23.3 Å². The Balaban J connectivity index is 1.51. The van der Waals surface area contributed by atoms with Gasteiger partial charge in [-0.25, -0.2) is 4.98 Å². The largest absolute Gasteiger partial charge is 0.493 e. The standard InChI is InChI=1S/C25H21ClN4O2/c1-17-5-2-6-18(13-17)24-25(19-7-4-11-27-15-19)30-22(16-28-24)29-23(31)10-12-32-21-9-3-8-20(26)14-21/h2-9,11,13-16H,10,12H2,1H3,(H,29,30,31). The van der Waals surface area contributed by atoms with Gasteiger partial charge >= 0.3 is 0 Å². The fraction of sp³-hybridized carbons (Fsp3) is 0.120. The van der Waals surface area contributed by atoms with Crippen LogP contribution in [-0.4, -0.2) is 27.5 Å². The highest BCUT2D eigenvalue weighted by atomic mass is 35.5. The van der Waals surface area contributed by atoms with Gasteiger partial charge in [-0.15, -0.1) is 0 Å². The minimum absolute atomic E-state index is 0.163. The Hall–Kier alpha value is -3.77. The van der Waals surface area contributed by atoms with E-state index >= 15 is 0 Å². The molecule has 1 amide bonds. The molecular formula is C25H21ClN4O2. The van der Waals surface area contributed by atoms with Crippen LogP contribution in [0.2, 0.25) is 5.02 Å². The molecule has 0 aliphatic rings. The van der Waals surface area contributed by atoms with E-state index in [-0.39, 0.29) is 18.9 Å². The van der Waals surface area contributed by atoms with Crippen molar-refractivity contribution in [2.75, 3.05) is 11.9 Å². The summed E-state index contributed by atoms with van der Waals surface area (Å²) in [5.41, 5.74) is 4.26. The minimum atomic E-state index is -0.221. The van der Waals surface area contributed by atoms with Crippen molar-refractivity contribution in [1.82, 2.24) is 15.0 Å². The zero-order chi connectivity index (χ0) is 22.3. The molecule has 0 saturated heterocycles. The van der Waals surface area contributed by atoms with E-state index < -0.39 is 0 Å². The van der Waals surface area contributed by atoms with Crippen molar-refractivity contribution in [1.29, 1.82) is 0 Å². The lowest BCUT2D eigenvalue weighted by Crippen LogP contribution is -2.16. The molecule has 0 aliphatic carbocycles. The predicted molar refractivity (Wildman–Crippen MR) is 126 cm³/mol. The van der Waals surface area contributed by atoms with Gasteiger partial charge in [-0.05, 0) is 43.3 Å². The Labute approximate surface area is 191 Å². The number of amides is 1. The van der Waals surface area contributed by atoms with Crippen LogP contribution >= 0.6 is 11.6 Å². The number of rotatable bonds is 7. The van der Waals surface area contributed by atoms with Crippen molar-refractivity contribution in [3.8, 4) is 28.3 Å². The molecule has 0 aliphatic heterocycles. The summed E-state index contributed by atoms with van der Waals surface area (Å²) in [6, 6.07) is 18.9. The Morgan fingerprint density at radius 2 is 1.84 bits per heavy atom. The molecule has 0 atom stereocenters. The van der Waals surface area contributed by atoms with Gasteiger partial charge in [0.2, 0.25) is 5.91 Å². The number of hydrogen-bond donors (Lipinski definition) is 1. The number of benzene rings is 2. The maximum atomic E-state index is 12.4. The number of pyridine rings is 1. The third kappa shape index (κ3) is 5.47. The molecule has 6 nitrogen and oxygen atoms in total. The molecule has 0 radical (unpaired) electrons. The molecule has 0 unspecified atom stereocenters. The van der Waals surface area contributed by atoms with Gasteiger partial charge in [-0.3, -0.25) is 14.8 Å². The van der Waals surface area contributed by atoms with Gasteiger partial charge in [0.15, 0.2) is 5.82 Å². The molecule has 160 valence electrons. The van der Waals surface area contributed by atoms with Gasteiger partial charge < -0.3 is 10.1 Å². The number of carbonyl (C=O) groups excluding carboxylic acids is 1. The zero-order valence-corrected chi connectivity index (χ0v) is 18.2. The van der Waals surface area contributed by atoms with Crippen LogP contribution in [-0.2, 0) is 4.79 Å². The second-order valence-electron chi connectivity index (χ2n) is 7.17. The van der Waals surface area contributed by atoms with E-state index in [1.54, 1.807) is 42.9 Å². The first-order valence-electron chi connectivity index (χ1n) is 10.1. The predicted octanol–water partition coefficient (Wildman–Crippen LogP) is 5.58. The second kappa shape index (κ2) is 10.0. The number of aryl methyl sites for hydroxylation is 1. The average molecular weight is 445 g/mol. The fourth-order valence-corrected chi connectivity index (χ4v) is 3.36. The number of nitrogens with one attached hydrogen (secondary N) is 1. The van der Waals surface area contributed by atoms with Crippen molar-refractivity contribution in [3.63, 3.8) is 0 Å². The van der Waals surface area contributed by atoms with Crippen LogP contribution < -0.4 is 10.1 Å². The number of aromatic nitrogens is 3. The van der Waals surface area contributed by atoms with E-state index in [0.717, 1.165) is 22.4 Å². The number of anilines is 1. The molecule has 1 N–H and O–H groups in total. The smallest absolute Gasteiger partial charge is 0.228 e. The first-order valence-corrected chi connectivity index (χ1v) is 10.5. The van der Waals surface area contributed by atoms with Crippen LogP contribution in [0.4, 0.5) is 5.82 Å². The Kier molecular flexibility index (Phi) is 6.72. The summed E-state index contributed by atoms with van der Waals surface area (Å²) in [4.78, 5) is 25.9. The summed E-state index contributed by atoms with van der Waals surface area (Å²) in [5, 5.41) is 3.38. The molecule has 4 aromatic rings. The van der Waals surface area contributed by atoms with E-state index in [1.165, 1.54) is 0 Å². The van der Waals surface area contributed by atoms with Gasteiger partial charge in [-0.1, -0.05) is 41.4 Å². The normalized spacial score (nSPS) is 10.6. The summed E-state index contributed by atoms with van der Waals surface area (Å²) in [6.07, 6.45) is 5.16. The van der Waals surface area contributed by atoms with Crippen molar-refractivity contribution in [2.24, 2.45) is 0 Å². The van der Waals surface area contributed by atoms with Gasteiger partial charge in [0.1, 0.15) is 11.4 Å². The fourth-order valence-electron chi connectivity index (χ4n) is 3.18. The molecule has 2 aromatic heterocycles. The van der Waals surface area contributed by atoms with E-state index in [0.29, 0.717) is 22.3 Å². The van der Waals surface area contributed by atoms with Crippen LogP contribution in [0.15, 0.2) is 79.3 Å². The molecular weight excluding hydrogens is 424 g/mol. The quantitative estimate of drug-likeness (QED) is 0.403. The topological polar surface area (TPSA) is 77.0 Å².